The summed E-state index contributed by atoms with van der Waals surface area (Å²) in [6, 6.07) is 5.64. The highest BCUT2D eigenvalue weighted by Gasteiger charge is 1.95. The highest BCUT2D eigenvalue weighted by Crippen LogP contribution is 2.20. The van der Waals surface area contributed by atoms with Gasteiger partial charge in [0, 0.05) is 0 Å². The molecule has 1 aromatic rings. The number of nitrogens with one attached hydrogen (secondary N) is 1. The van der Waals surface area contributed by atoms with Crippen molar-refractivity contribution in [2.24, 2.45) is 5.84 Å². The molecule has 0 amide bonds. The molecule has 0 bridgehead atoms. The highest BCUT2D eigenvalue weighted by atomic mass is 35.5. The minimum atomic E-state index is 0. The van der Waals surface area contributed by atoms with Crippen LogP contribution in [0.15, 0.2) is 18.2 Å². The van der Waals surface area contributed by atoms with Crippen molar-refractivity contribution in [1.29, 1.82) is 0 Å². The van der Waals surface area contributed by atoms with Gasteiger partial charge in [-0.15, -0.1) is 12.4 Å². The number of nitrogens with two attached hydrogens (primary N) is 1. The van der Waals surface area contributed by atoms with E-state index in [9.17, 15) is 0 Å². The lowest BCUT2D eigenvalue weighted by atomic mass is 10.2. The summed E-state index contributed by atoms with van der Waals surface area (Å²) in [6.07, 6.45) is 0. The number of nitrogen functional groups attached to an aromatic ring is 1. The maximum atomic E-state index is 5.75. The third-order valence-corrected chi connectivity index (χ3v) is 1.61. The Morgan fingerprint density at radius 2 is 2.09 bits per heavy atom. The first-order valence-electron chi connectivity index (χ1n) is 2.97. The predicted molar refractivity (Wildman–Crippen MR) is 51.2 cm³/mol. The van der Waals surface area contributed by atoms with Crippen LogP contribution in [0.3, 0.4) is 0 Å². The second kappa shape index (κ2) is 4.44. The molecule has 0 fully saturated rings. The number of hydrogen-bond donors (Lipinski definition) is 2. The van der Waals surface area contributed by atoms with Crippen molar-refractivity contribution in [3.05, 3.63) is 28.8 Å². The Hall–Kier alpha value is -0.440. The van der Waals surface area contributed by atoms with Crippen molar-refractivity contribution in [3.63, 3.8) is 0 Å². The monoisotopic (exact) mass is 192 g/mol. The van der Waals surface area contributed by atoms with Gasteiger partial charge >= 0.3 is 0 Å². The van der Waals surface area contributed by atoms with Crippen molar-refractivity contribution < 1.29 is 0 Å². The molecule has 3 N–H and O–H groups in total. The molecule has 2 nitrogen and oxygen atoms in total. The first kappa shape index (κ1) is 10.6. The standard InChI is InChI=1S/C7H9ClN2.ClH/c1-5-2-3-6(8)7(4-5)10-9;/h2-4,10H,9H2,1H3;1H. The topological polar surface area (TPSA) is 38.0 Å². The largest absolute Gasteiger partial charge is 0.323 e. The minimum Gasteiger partial charge on any atom is -0.323 e. The molecule has 0 unspecified atom stereocenters. The zero-order valence-corrected chi connectivity index (χ0v) is 7.67. The van der Waals surface area contributed by atoms with Gasteiger partial charge in [-0.05, 0) is 24.6 Å². The van der Waals surface area contributed by atoms with Crippen LogP contribution in [0.5, 0.6) is 0 Å². The van der Waals surface area contributed by atoms with Gasteiger partial charge in [-0.2, -0.15) is 0 Å². The molecule has 0 aromatic heterocycles. The summed E-state index contributed by atoms with van der Waals surface area (Å²) in [7, 11) is 0. The Bertz CT molecular complexity index is 238. The molecule has 0 spiro atoms. The van der Waals surface area contributed by atoms with E-state index < -0.39 is 0 Å². The third-order valence-electron chi connectivity index (χ3n) is 1.28. The van der Waals surface area contributed by atoms with Gasteiger partial charge < -0.3 is 5.43 Å². The van der Waals surface area contributed by atoms with Crippen molar-refractivity contribution in [3.8, 4) is 0 Å². The Balaban J connectivity index is 0.000001000. The van der Waals surface area contributed by atoms with Crippen molar-refractivity contribution in [1.82, 2.24) is 0 Å². The van der Waals surface area contributed by atoms with E-state index >= 15 is 0 Å². The maximum Gasteiger partial charge on any atom is 0.0674 e. The van der Waals surface area contributed by atoms with Gasteiger partial charge in [-0.3, -0.25) is 5.84 Å². The Kier molecular flexibility index (Phi) is 4.26. The summed E-state index contributed by atoms with van der Waals surface area (Å²) < 4.78 is 0. The van der Waals surface area contributed by atoms with Gasteiger partial charge in [0.15, 0.2) is 0 Å². The number of aryl methyl sites for hydroxylation is 1. The summed E-state index contributed by atoms with van der Waals surface area (Å²) in [5, 5.41) is 0.646. The van der Waals surface area contributed by atoms with Crippen LogP contribution in [0, 0.1) is 6.92 Å². The molecular formula is C7H10Cl2N2. The highest BCUT2D eigenvalue weighted by molar-refractivity contribution is 6.33. The Morgan fingerprint density at radius 3 is 2.55 bits per heavy atom. The fourth-order valence-corrected chi connectivity index (χ4v) is 0.922. The average Bonchev–Trinajstić information content (AvgIpc) is 1.94. The number of rotatable bonds is 1. The van der Waals surface area contributed by atoms with E-state index in [1.54, 1.807) is 0 Å². The molecule has 0 aliphatic carbocycles. The smallest absolute Gasteiger partial charge is 0.0674 e. The van der Waals surface area contributed by atoms with E-state index in [-0.39, 0.29) is 12.4 Å². The first-order chi connectivity index (χ1) is 4.74. The number of benzene rings is 1. The summed E-state index contributed by atoms with van der Waals surface area (Å²) in [4.78, 5) is 0. The molecule has 11 heavy (non-hydrogen) atoms. The van der Waals surface area contributed by atoms with Gasteiger partial charge in [-0.1, -0.05) is 17.7 Å². The number of hydrogen-bond acceptors (Lipinski definition) is 2. The molecule has 4 heteroatoms. The lowest BCUT2D eigenvalue weighted by molar-refractivity contribution is 1.33. The fourth-order valence-electron chi connectivity index (χ4n) is 0.750. The molecule has 1 aromatic carbocycles. The van der Waals surface area contributed by atoms with Crippen LogP contribution in [-0.4, -0.2) is 0 Å². The van der Waals surface area contributed by atoms with Gasteiger partial charge in [-0.25, -0.2) is 0 Å². The van der Waals surface area contributed by atoms with Gasteiger partial charge in [0.1, 0.15) is 0 Å². The number of anilines is 1. The van der Waals surface area contributed by atoms with E-state index in [0.717, 1.165) is 11.3 Å². The van der Waals surface area contributed by atoms with Crippen LogP contribution >= 0.6 is 24.0 Å². The summed E-state index contributed by atoms with van der Waals surface area (Å²) >= 11 is 5.75. The van der Waals surface area contributed by atoms with E-state index in [2.05, 4.69) is 5.43 Å². The number of halogens is 2. The quantitative estimate of drug-likeness (QED) is 0.530. The second-order valence-electron chi connectivity index (χ2n) is 2.13. The lowest BCUT2D eigenvalue weighted by Gasteiger charge is -2.02. The SMILES string of the molecule is Cc1ccc(Cl)c(NN)c1.Cl. The lowest BCUT2D eigenvalue weighted by Crippen LogP contribution is -2.07. The molecule has 0 aliphatic rings. The third kappa shape index (κ3) is 2.58. The normalized spacial score (nSPS) is 8.64. The maximum absolute atomic E-state index is 5.75. The van der Waals surface area contributed by atoms with Crippen molar-refractivity contribution >= 4 is 29.7 Å². The van der Waals surface area contributed by atoms with Crippen LogP contribution in [-0.2, 0) is 0 Å². The van der Waals surface area contributed by atoms with Crippen LogP contribution < -0.4 is 11.3 Å². The van der Waals surface area contributed by atoms with Gasteiger partial charge in [0.2, 0.25) is 0 Å². The second-order valence-corrected chi connectivity index (χ2v) is 2.53. The molecule has 0 heterocycles. The van der Waals surface area contributed by atoms with Crippen LogP contribution in [0.2, 0.25) is 5.02 Å². The summed E-state index contributed by atoms with van der Waals surface area (Å²) in [5.74, 6) is 5.19. The van der Waals surface area contributed by atoms with E-state index in [1.807, 2.05) is 25.1 Å². The molecular weight excluding hydrogens is 183 g/mol. The average molecular weight is 193 g/mol. The fraction of sp³-hybridized carbons (Fsp3) is 0.143. The summed E-state index contributed by atoms with van der Waals surface area (Å²) in [6.45, 7) is 1.98. The molecule has 0 aliphatic heterocycles. The Morgan fingerprint density at radius 1 is 1.45 bits per heavy atom. The first-order valence-corrected chi connectivity index (χ1v) is 3.34. The Labute approximate surface area is 77.1 Å². The van der Waals surface area contributed by atoms with Crippen LogP contribution in [0.1, 0.15) is 5.56 Å². The minimum absolute atomic E-state index is 0. The zero-order chi connectivity index (χ0) is 7.56. The van der Waals surface area contributed by atoms with E-state index in [4.69, 9.17) is 17.4 Å². The predicted octanol–water partition coefficient (Wildman–Crippen LogP) is 2.36. The molecule has 1 rings (SSSR count). The van der Waals surface area contributed by atoms with Crippen molar-refractivity contribution in [2.45, 2.75) is 6.92 Å². The molecule has 0 radical (unpaired) electrons. The summed E-state index contributed by atoms with van der Waals surface area (Å²) in [5.41, 5.74) is 4.41. The van der Waals surface area contributed by atoms with E-state index in [1.165, 1.54) is 0 Å². The van der Waals surface area contributed by atoms with Crippen molar-refractivity contribution in [2.75, 3.05) is 5.43 Å². The van der Waals surface area contributed by atoms with Gasteiger partial charge in [0.05, 0.1) is 10.7 Å². The molecule has 0 saturated heterocycles. The van der Waals surface area contributed by atoms with Crippen LogP contribution in [0.25, 0.3) is 0 Å². The number of hydrazine groups is 1. The molecule has 0 atom stereocenters. The van der Waals surface area contributed by atoms with Gasteiger partial charge in [0.25, 0.3) is 0 Å². The molecule has 0 saturated carbocycles. The van der Waals surface area contributed by atoms with E-state index in [0.29, 0.717) is 5.02 Å². The zero-order valence-electron chi connectivity index (χ0n) is 6.10. The molecule has 62 valence electrons. The van der Waals surface area contributed by atoms with Crippen LogP contribution in [0.4, 0.5) is 5.69 Å².